The van der Waals surface area contributed by atoms with Crippen LogP contribution in [0.25, 0.3) is 0 Å². The zero-order valence-electron chi connectivity index (χ0n) is 11.7. The SMILES string of the molecule is CCC(C)(O[Si](CC)(CC)CC)c1cscn1. The van der Waals surface area contributed by atoms with E-state index in [-0.39, 0.29) is 5.60 Å². The van der Waals surface area contributed by atoms with Crippen LogP contribution in [0.5, 0.6) is 0 Å². The van der Waals surface area contributed by atoms with E-state index in [0.29, 0.717) is 0 Å². The fourth-order valence-electron chi connectivity index (χ4n) is 2.22. The van der Waals surface area contributed by atoms with Gasteiger partial charge in [-0.25, -0.2) is 4.98 Å². The van der Waals surface area contributed by atoms with Crippen LogP contribution in [-0.4, -0.2) is 13.3 Å². The molecular formula is C13H25NOSSi. The zero-order valence-corrected chi connectivity index (χ0v) is 13.6. The Hall–Kier alpha value is -0.193. The normalized spacial score (nSPS) is 15.8. The van der Waals surface area contributed by atoms with Gasteiger partial charge >= 0.3 is 0 Å². The molecule has 17 heavy (non-hydrogen) atoms. The Morgan fingerprint density at radius 1 is 1.24 bits per heavy atom. The first-order valence-corrected chi connectivity index (χ1v) is 10.1. The van der Waals surface area contributed by atoms with Gasteiger partial charge in [-0.05, 0) is 31.5 Å². The van der Waals surface area contributed by atoms with Gasteiger partial charge in [-0.3, -0.25) is 0 Å². The van der Waals surface area contributed by atoms with Crippen LogP contribution in [0.3, 0.4) is 0 Å². The highest BCUT2D eigenvalue weighted by atomic mass is 32.1. The van der Waals surface area contributed by atoms with E-state index in [1.807, 2.05) is 5.51 Å². The van der Waals surface area contributed by atoms with Gasteiger partial charge in [0.2, 0.25) is 0 Å². The summed E-state index contributed by atoms with van der Waals surface area (Å²) in [6.45, 7) is 11.2. The Bertz CT molecular complexity index is 316. The number of aromatic nitrogens is 1. The molecule has 0 fully saturated rings. The second-order valence-corrected chi connectivity index (χ2v) is 10.2. The highest BCUT2D eigenvalue weighted by Gasteiger charge is 2.39. The minimum absolute atomic E-state index is 0.186. The summed E-state index contributed by atoms with van der Waals surface area (Å²) in [4.78, 5) is 4.46. The summed E-state index contributed by atoms with van der Waals surface area (Å²) in [6, 6.07) is 3.58. The van der Waals surface area contributed by atoms with Crippen molar-refractivity contribution in [1.82, 2.24) is 4.98 Å². The number of rotatable bonds is 7. The average molecular weight is 272 g/mol. The van der Waals surface area contributed by atoms with Crippen molar-refractivity contribution >= 4 is 19.7 Å². The third-order valence-electron chi connectivity index (χ3n) is 4.02. The molecule has 0 amide bonds. The topological polar surface area (TPSA) is 22.1 Å². The van der Waals surface area contributed by atoms with Gasteiger partial charge in [-0.1, -0.05) is 27.7 Å². The van der Waals surface area contributed by atoms with Crippen LogP contribution in [0.15, 0.2) is 10.9 Å². The minimum atomic E-state index is -1.57. The van der Waals surface area contributed by atoms with Gasteiger partial charge in [0.25, 0.3) is 0 Å². The quantitative estimate of drug-likeness (QED) is 0.665. The molecule has 1 atom stereocenters. The largest absolute Gasteiger partial charge is 0.406 e. The minimum Gasteiger partial charge on any atom is -0.406 e. The zero-order chi connectivity index (χ0) is 12.9. The predicted octanol–water partition coefficient (Wildman–Crippen LogP) is 4.79. The molecule has 0 aliphatic heterocycles. The molecule has 1 rings (SSSR count). The molecule has 0 aromatic carbocycles. The van der Waals surface area contributed by atoms with Crippen LogP contribution in [0, 0.1) is 0 Å². The molecule has 0 N–H and O–H groups in total. The summed E-state index contributed by atoms with van der Waals surface area (Å²) in [5, 5.41) is 2.13. The molecule has 0 aliphatic carbocycles. The number of hydrogen-bond donors (Lipinski definition) is 0. The van der Waals surface area contributed by atoms with Crippen LogP contribution >= 0.6 is 11.3 Å². The van der Waals surface area contributed by atoms with E-state index < -0.39 is 8.32 Å². The van der Waals surface area contributed by atoms with Crippen molar-refractivity contribution in [3.63, 3.8) is 0 Å². The van der Waals surface area contributed by atoms with Crippen molar-refractivity contribution in [2.75, 3.05) is 0 Å². The van der Waals surface area contributed by atoms with E-state index in [0.717, 1.165) is 12.1 Å². The number of hydrogen-bond acceptors (Lipinski definition) is 3. The lowest BCUT2D eigenvalue weighted by Gasteiger charge is -2.39. The van der Waals surface area contributed by atoms with Gasteiger partial charge in [0.05, 0.1) is 16.8 Å². The van der Waals surface area contributed by atoms with Gasteiger partial charge in [-0.2, -0.15) is 0 Å². The molecule has 4 heteroatoms. The number of thiazole rings is 1. The Balaban J connectivity index is 2.95. The molecule has 98 valence electrons. The van der Waals surface area contributed by atoms with Gasteiger partial charge < -0.3 is 4.43 Å². The van der Waals surface area contributed by atoms with Gasteiger partial charge in [0.1, 0.15) is 0 Å². The van der Waals surface area contributed by atoms with Crippen LogP contribution in [0.4, 0.5) is 0 Å². The Labute approximate surface area is 111 Å². The molecule has 2 nitrogen and oxygen atoms in total. The van der Waals surface area contributed by atoms with Crippen molar-refractivity contribution < 1.29 is 4.43 Å². The summed E-state index contributed by atoms with van der Waals surface area (Å²) in [6.07, 6.45) is 0.992. The predicted molar refractivity (Wildman–Crippen MR) is 78.0 cm³/mol. The van der Waals surface area contributed by atoms with Crippen molar-refractivity contribution in [3.8, 4) is 0 Å². The van der Waals surface area contributed by atoms with Crippen molar-refractivity contribution in [1.29, 1.82) is 0 Å². The highest BCUT2D eigenvalue weighted by Crippen LogP contribution is 2.36. The summed E-state index contributed by atoms with van der Waals surface area (Å²) < 4.78 is 6.65. The Morgan fingerprint density at radius 3 is 2.18 bits per heavy atom. The molecule has 0 bridgehead atoms. The monoisotopic (exact) mass is 271 g/mol. The maximum absolute atomic E-state index is 6.65. The van der Waals surface area contributed by atoms with Gasteiger partial charge in [0, 0.05) is 5.38 Å². The van der Waals surface area contributed by atoms with E-state index in [9.17, 15) is 0 Å². The van der Waals surface area contributed by atoms with Crippen LogP contribution in [0.1, 0.15) is 46.7 Å². The fourth-order valence-corrected chi connectivity index (χ4v) is 6.04. The van der Waals surface area contributed by atoms with Crippen molar-refractivity contribution in [3.05, 3.63) is 16.6 Å². The van der Waals surface area contributed by atoms with Gasteiger partial charge in [0.15, 0.2) is 8.32 Å². The summed E-state index contributed by atoms with van der Waals surface area (Å²) in [5.41, 5.74) is 2.82. The van der Waals surface area contributed by atoms with E-state index in [2.05, 4.69) is 45.0 Å². The lowest BCUT2D eigenvalue weighted by Crippen LogP contribution is -2.44. The summed E-state index contributed by atoms with van der Waals surface area (Å²) in [7, 11) is -1.57. The number of nitrogens with zero attached hydrogens (tertiary/aromatic N) is 1. The van der Waals surface area contributed by atoms with E-state index in [1.165, 1.54) is 18.1 Å². The molecule has 1 aromatic heterocycles. The second-order valence-electron chi connectivity index (χ2n) is 4.80. The van der Waals surface area contributed by atoms with E-state index in [1.54, 1.807) is 11.3 Å². The lowest BCUT2D eigenvalue weighted by atomic mass is 10.0. The molecule has 0 spiro atoms. The van der Waals surface area contributed by atoms with E-state index in [4.69, 9.17) is 4.43 Å². The standard InChI is InChI=1S/C13H25NOSSi/c1-6-13(5,12-10-16-11-14-12)15-17(7-2,8-3)9-4/h10-11H,6-9H2,1-5H3. The Kier molecular flexibility index (Phi) is 5.35. The molecule has 0 saturated heterocycles. The Morgan fingerprint density at radius 2 is 1.82 bits per heavy atom. The molecule has 1 unspecified atom stereocenters. The molecule has 1 aromatic rings. The first kappa shape index (κ1) is 14.9. The summed E-state index contributed by atoms with van der Waals surface area (Å²) >= 11 is 1.65. The summed E-state index contributed by atoms with van der Waals surface area (Å²) in [5.74, 6) is 0. The van der Waals surface area contributed by atoms with Crippen LogP contribution < -0.4 is 0 Å². The van der Waals surface area contributed by atoms with Crippen molar-refractivity contribution in [2.45, 2.75) is 64.8 Å². The highest BCUT2D eigenvalue weighted by molar-refractivity contribution is 7.07. The fraction of sp³-hybridized carbons (Fsp3) is 0.769. The maximum atomic E-state index is 6.65. The molecule has 0 saturated carbocycles. The maximum Gasteiger partial charge on any atom is 0.193 e. The van der Waals surface area contributed by atoms with E-state index >= 15 is 0 Å². The second kappa shape index (κ2) is 6.11. The van der Waals surface area contributed by atoms with Crippen LogP contribution in [-0.2, 0) is 10.0 Å². The van der Waals surface area contributed by atoms with Crippen molar-refractivity contribution in [2.24, 2.45) is 0 Å². The smallest absolute Gasteiger partial charge is 0.193 e. The lowest BCUT2D eigenvalue weighted by molar-refractivity contribution is 0.0649. The first-order valence-electron chi connectivity index (χ1n) is 6.64. The molecule has 1 heterocycles. The first-order chi connectivity index (χ1) is 8.05. The average Bonchev–Trinajstić information content (AvgIpc) is 2.90. The molecular weight excluding hydrogens is 246 g/mol. The van der Waals surface area contributed by atoms with Crippen LogP contribution in [0.2, 0.25) is 18.1 Å². The third kappa shape index (κ3) is 3.17. The van der Waals surface area contributed by atoms with Gasteiger partial charge in [-0.15, -0.1) is 11.3 Å². The third-order valence-corrected chi connectivity index (χ3v) is 9.36. The molecule has 0 aliphatic rings. The molecule has 0 radical (unpaired) electrons.